The van der Waals surface area contributed by atoms with E-state index in [9.17, 15) is 0 Å². The molecule has 0 saturated heterocycles. The molecule has 2 N–H and O–H groups in total. The van der Waals surface area contributed by atoms with Crippen molar-refractivity contribution >= 4 is 5.84 Å². The average molecular weight is 155 g/mol. The van der Waals surface area contributed by atoms with Crippen molar-refractivity contribution in [2.24, 2.45) is 4.99 Å². The van der Waals surface area contributed by atoms with Gasteiger partial charge in [-0.3, -0.25) is 5.32 Å². The van der Waals surface area contributed by atoms with Crippen molar-refractivity contribution < 1.29 is 0 Å². The molecule has 0 amide bonds. The summed E-state index contributed by atoms with van der Waals surface area (Å²) in [5.74, 6) is 0.861. The third-order valence-electron chi connectivity index (χ3n) is 1.40. The SMILES string of the molecule is C=C/N=C(/C)NC(C)(C)NC. The molecule has 3 heteroatoms. The molecule has 0 aliphatic carbocycles. The fourth-order valence-corrected chi connectivity index (χ4v) is 0.684. The summed E-state index contributed by atoms with van der Waals surface area (Å²) >= 11 is 0. The summed E-state index contributed by atoms with van der Waals surface area (Å²) in [6.07, 6.45) is 1.52. The van der Waals surface area contributed by atoms with Gasteiger partial charge in [0.15, 0.2) is 0 Å². The number of hydrogen-bond donors (Lipinski definition) is 2. The van der Waals surface area contributed by atoms with Crippen molar-refractivity contribution in [1.82, 2.24) is 10.6 Å². The molecule has 0 spiro atoms. The fourth-order valence-electron chi connectivity index (χ4n) is 0.684. The maximum atomic E-state index is 3.99. The Morgan fingerprint density at radius 1 is 1.55 bits per heavy atom. The Morgan fingerprint density at radius 2 is 2.09 bits per heavy atom. The van der Waals surface area contributed by atoms with Gasteiger partial charge in [0.05, 0.1) is 11.5 Å². The minimum Gasteiger partial charge on any atom is -0.356 e. The first kappa shape index (κ1) is 10.2. The molecule has 0 atom stereocenters. The van der Waals surface area contributed by atoms with Gasteiger partial charge in [-0.05, 0) is 27.8 Å². The smallest absolute Gasteiger partial charge is 0.0997 e. The summed E-state index contributed by atoms with van der Waals surface area (Å²) in [6.45, 7) is 9.49. The maximum Gasteiger partial charge on any atom is 0.0997 e. The molecule has 0 rings (SSSR count). The van der Waals surface area contributed by atoms with Gasteiger partial charge in [0, 0.05) is 6.20 Å². The predicted octanol–water partition coefficient (Wildman–Crippen LogP) is 1.09. The lowest BCUT2D eigenvalue weighted by Crippen LogP contribution is -2.52. The molecule has 0 fully saturated rings. The van der Waals surface area contributed by atoms with Gasteiger partial charge in [0.25, 0.3) is 0 Å². The van der Waals surface area contributed by atoms with Crippen LogP contribution >= 0.6 is 0 Å². The summed E-state index contributed by atoms with van der Waals surface area (Å²) in [5.41, 5.74) is -0.114. The molecule has 0 saturated carbocycles. The molecule has 64 valence electrons. The maximum absolute atomic E-state index is 3.99. The van der Waals surface area contributed by atoms with E-state index in [1.165, 1.54) is 6.20 Å². The van der Waals surface area contributed by atoms with Crippen LogP contribution in [0.4, 0.5) is 0 Å². The molecule has 0 heterocycles. The molecule has 0 aromatic carbocycles. The van der Waals surface area contributed by atoms with Crippen molar-refractivity contribution in [3.63, 3.8) is 0 Å². The first-order valence-corrected chi connectivity index (χ1v) is 3.64. The van der Waals surface area contributed by atoms with Gasteiger partial charge in [-0.25, -0.2) is 4.99 Å². The van der Waals surface area contributed by atoms with E-state index in [0.717, 1.165) is 5.84 Å². The van der Waals surface area contributed by atoms with E-state index in [1.807, 2.05) is 27.8 Å². The average Bonchev–Trinajstić information content (AvgIpc) is 1.87. The van der Waals surface area contributed by atoms with Crippen LogP contribution in [-0.2, 0) is 0 Å². The molecule has 11 heavy (non-hydrogen) atoms. The van der Waals surface area contributed by atoms with E-state index in [2.05, 4.69) is 22.2 Å². The lowest BCUT2D eigenvalue weighted by molar-refractivity contribution is 0.393. The Bertz CT molecular complexity index is 159. The Labute approximate surface area is 68.6 Å². The summed E-state index contributed by atoms with van der Waals surface area (Å²) in [4.78, 5) is 3.99. The van der Waals surface area contributed by atoms with Gasteiger partial charge in [-0.15, -0.1) is 0 Å². The largest absolute Gasteiger partial charge is 0.356 e. The Kier molecular flexibility index (Phi) is 3.82. The molecule has 0 radical (unpaired) electrons. The number of rotatable bonds is 3. The van der Waals surface area contributed by atoms with Crippen molar-refractivity contribution in [1.29, 1.82) is 0 Å². The molecular formula is C8H17N3. The second kappa shape index (κ2) is 4.13. The number of nitrogens with zero attached hydrogens (tertiary/aromatic N) is 1. The van der Waals surface area contributed by atoms with Gasteiger partial charge < -0.3 is 5.32 Å². The van der Waals surface area contributed by atoms with Crippen molar-refractivity contribution in [2.45, 2.75) is 26.4 Å². The highest BCUT2D eigenvalue weighted by Gasteiger charge is 2.12. The zero-order chi connectivity index (χ0) is 8.91. The lowest BCUT2D eigenvalue weighted by atomic mass is 10.2. The van der Waals surface area contributed by atoms with Gasteiger partial charge >= 0.3 is 0 Å². The highest BCUT2D eigenvalue weighted by Crippen LogP contribution is 1.94. The van der Waals surface area contributed by atoms with Crippen LogP contribution < -0.4 is 10.6 Å². The lowest BCUT2D eigenvalue weighted by Gasteiger charge is -2.26. The Morgan fingerprint density at radius 3 is 2.45 bits per heavy atom. The Balaban J connectivity index is 4.02. The van der Waals surface area contributed by atoms with E-state index in [-0.39, 0.29) is 5.66 Å². The highest BCUT2D eigenvalue weighted by molar-refractivity contribution is 5.80. The number of hydrogen-bond acceptors (Lipinski definition) is 2. The van der Waals surface area contributed by atoms with Gasteiger partial charge in [-0.2, -0.15) is 0 Å². The first-order valence-electron chi connectivity index (χ1n) is 3.64. The molecular weight excluding hydrogens is 138 g/mol. The van der Waals surface area contributed by atoms with Gasteiger partial charge in [0.2, 0.25) is 0 Å². The standard InChI is InChI=1S/C8H17N3/c1-6-10-7(2)11-8(3,4)9-5/h6,9H,1H2,2-5H3,(H,10,11). The van der Waals surface area contributed by atoms with E-state index in [1.54, 1.807) is 0 Å². The minimum absolute atomic E-state index is 0.114. The number of amidine groups is 1. The monoisotopic (exact) mass is 155 g/mol. The van der Waals surface area contributed by atoms with Crippen molar-refractivity contribution in [3.8, 4) is 0 Å². The second-order valence-corrected chi connectivity index (χ2v) is 2.90. The van der Waals surface area contributed by atoms with Crippen molar-refractivity contribution in [3.05, 3.63) is 12.8 Å². The van der Waals surface area contributed by atoms with Crippen LogP contribution in [0.5, 0.6) is 0 Å². The van der Waals surface area contributed by atoms with Crippen LogP contribution in [0.3, 0.4) is 0 Å². The quantitative estimate of drug-likeness (QED) is 0.363. The zero-order valence-corrected chi connectivity index (χ0v) is 7.73. The summed E-state index contributed by atoms with van der Waals surface area (Å²) in [5, 5.41) is 6.28. The summed E-state index contributed by atoms with van der Waals surface area (Å²) in [6, 6.07) is 0. The fraction of sp³-hybridized carbons (Fsp3) is 0.625. The third-order valence-corrected chi connectivity index (χ3v) is 1.40. The third kappa shape index (κ3) is 4.56. The topological polar surface area (TPSA) is 36.4 Å². The van der Waals surface area contributed by atoms with Crippen LogP contribution in [0, 0.1) is 0 Å². The van der Waals surface area contributed by atoms with E-state index >= 15 is 0 Å². The molecule has 0 aliphatic heterocycles. The van der Waals surface area contributed by atoms with Crippen LogP contribution in [0.2, 0.25) is 0 Å². The number of nitrogens with one attached hydrogen (secondary N) is 2. The highest BCUT2D eigenvalue weighted by atomic mass is 15.2. The molecule has 0 unspecified atom stereocenters. The van der Waals surface area contributed by atoms with Crippen molar-refractivity contribution in [2.75, 3.05) is 7.05 Å². The molecule has 0 aromatic heterocycles. The van der Waals surface area contributed by atoms with E-state index < -0.39 is 0 Å². The normalized spacial score (nSPS) is 12.9. The van der Waals surface area contributed by atoms with Crippen LogP contribution in [0.1, 0.15) is 20.8 Å². The first-order chi connectivity index (χ1) is 5.02. The predicted molar refractivity (Wildman–Crippen MR) is 49.6 cm³/mol. The molecule has 3 nitrogen and oxygen atoms in total. The molecule has 0 aliphatic rings. The van der Waals surface area contributed by atoms with Gasteiger partial charge in [0.1, 0.15) is 0 Å². The minimum atomic E-state index is -0.114. The number of aliphatic imine (C=N–C) groups is 1. The Hall–Kier alpha value is -0.830. The van der Waals surface area contributed by atoms with E-state index in [4.69, 9.17) is 0 Å². The second-order valence-electron chi connectivity index (χ2n) is 2.90. The van der Waals surface area contributed by atoms with Crippen LogP contribution in [-0.4, -0.2) is 18.5 Å². The molecule has 0 aromatic rings. The van der Waals surface area contributed by atoms with E-state index in [0.29, 0.717) is 0 Å². The van der Waals surface area contributed by atoms with Crippen LogP contribution in [0.25, 0.3) is 0 Å². The summed E-state index contributed by atoms with van der Waals surface area (Å²) in [7, 11) is 1.90. The zero-order valence-electron chi connectivity index (χ0n) is 7.73. The molecule has 0 bridgehead atoms. The summed E-state index contributed by atoms with van der Waals surface area (Å²) < 4.78 is 0. The van der Waals surface area contributed by atoms with Crippen LogP contribution in [0.15, 0.2) is 17.8 Å². The van der Waals surface area contributed by atoms with Gasteiger partial charge in [-0.1, -0.05) is 6.58 Å².